The minimum absolute atomic E-state index is 0.251. The van der Waals surface area contributed by atoms with Crippen molar-refractivity contribution in [3.8, 4) is 0 Å². The number of benzene rings is 2. The van der Waals surface area contributed by atoms with E-state index in [1.54, 1.807) is 12.3 Å². The minimum atomic E-state index is -0.251. The summed E-state index contributed by atoms with van der Waals surface area (Å²) in [5.41, 5.74) is 1.13. The van der Waals surface area contributed by atoms with Gasteiger partial charge in [-0.15, -0.1) is 0 Å². The van der Waals surface area contributed by atoms with Crippen LogP contribution in [-0.2, 0) is 0 Å². The SMILES string of the molecule is O=C(Nc1ccc2cc(Br)ccc2c1)c1ccncc1Cl. The maximum Gasteiger partial charge on any atom is 0.257 e. The molecule has 3 rings (SSSR count). The van der Waals surface area contributed by atoms with Crippen molar-refractivity contribution in [2.45, 2.75) is 0 Å². The lowest BCUT2D eigenvalue weighted by atomic mass is 10.1. The Morgan fingerprint density at radius 3 is 2.67 bits per heavy atom. The molecule has 1 amide bonds. The van der Waals surface area contributed by atoms with Crippen LogP contribution in [0.4, 0.5) is 5.69 Å². The number of carbonyl (C=O) groups excluding carboxylic acids is 1. The highest BCUT2D eigenvalue weighted by Gasteiger charge is 2.10. The van der Waals surface area contributed by atoms with Crippen molar-refractivity contribution in [2.24, 2.45) is 0 Å². The number of pyridine rings is 1. The average Bonchev–Trinajstić information content (AvgIpc) is 2.48. The van der Waals surface area contributed by atoms with Crippen molar-refractivity contribution in [3.05, 3.63) is 69.9 Å². The molecule has 21 heavy (non-hydrogen) atoms. The van der Waals surface area contributed by atoms with Gasteiger partial charge in [-0.3, -0.25) is 9.78 Å². The van der Waals surface area contributed by atoms with Gasteiger partial charge in [0.05, 0.1) is 10.6 Å². The predicted octanol–water partition coefficient (Wildman–Crippen LogP) is 4.90. The summed E-state index contributed by atoms with van der Waals surface area (Å²) in [6, 6.07) is 13.3. The zero-order valence-electron chi connectivity index (χ0n) is 10.8. The molecule has 1 aromatic heterocycles. The maximum absolute atomic E-state index is 12.2. The molecule has 0 spiro atoms. The topological polar surface area (TPSA) is 42.0 Å². The largest absolute Gasteiger partial charge is 0.322 e. The summed E-state index contributed by atoms with van der Waals surface area (Å²) in [5, 5.41) is 5.33. The predicted molar refractivity (Wildman–Crippen MR) is 88.8 cm³/mol. The number of carbonyl (C=O) groups is 1. The Labute approximate surface area is 135 Å². The van der Waals surface area contributed by atoms with E-state index in [0.29, 0.717) is 10.6 Å². The first-order chi connectivity index (χ1) is 10.1. The zero-order valence-corrected chi connectivity index (χ0v) is 13.1. The third kappa shape index (κ3) is 3.06. The fourth-order valence-electron chi connectivity index (χ4n) is 2.05. The lowest BCUT2D eigenvalue weighted by Gasteiger charge is -2.08. The van der Waals surface area contributed by atoms with E-state index in [-0.39, 0.29) is 5.91 Å². The molecule has 0 saturated heterocycles. The number of hydrogen-bond donors (Lipinski definition) is 1. The molecule has 1 N–H and O–H groups in total. The van der Waals surface area contributed by atoms with Gasteiger partial charge in [-0.25, -0.2) is 0 Å². The standard InChI is InChI=1S/C16H10BrClN2O/c17-12-3-1-11-8-13(4-2-10(11)7-12)20-16(21)14-5-6-19-9-15(14)18/h1-9H,(H,20,21). The van der Waals surface area contributed by atoms with E-state index in [1.165, 1.54) is 6.20 Å². The van der Waals surface area contributed by atoms with E-state index < -0.39 is 0 Å². The first-order valence-electron chi connectivity index (χ1n) is 6.24. The van der Waals surface area contributed by atoms with Gasteiger partial charge in [-0.1, -0.05) is 39.7 Å². The second-order valence-corrected chi connectivity index (χ2v) is 5.84. The van der Waals surface area contributed by atoms with Gasteiger partial charge in [0.1, 0.15) is 0 Å². The molecule has 5 heteroatoms. The Morgan fingerprint density at radius 1 is 1.10 bits per heavy atom. The first-order valence-corrected chi connectivity index (χ1v) is 7.41. The van der Waals surface area contributed by atoms with Crippen LogP contribution in [-0.4, -0.2) is 10.9 Å². The van der Waals surface area contributed by atoms with Crippen LogP contribution in [0.15, 0.2) is 59.3 Å². The quantitative estimate of drug-likeness (QED) is 0.705. The molecule has 0 bridgehead atoms. The smallest absolute Gasteiger partial charge is 0.257 e. The van der Waals surface area contributed by atoms with Gasteiger partial charge in [0.15, 0.2) is 0 Å². The van der Waals surface area contributed by atoms with Crippen LogP contribution in [0.25, 0.3) is 10.8 Å². The van der Waals surface area contributed by atoms with Gasteiger partial charge in [0.25, 0.3) is 5.91 Å². The molecule has 0 saturated carbocycles. The molecule has 3 aromatic rings. The van der Waals surface area contributed by atoms with Crippen molar-refractivity contribution < 1.29 is 4.79 Å². The molecule has 104 valence electrons. The van der Waals surface area contributed by atoms with Crippen LogP contribution in [0.3, 0.4) is 0 Å². The Balaban J connectivity index is 1.90. The van der Waals surface area contributed by atoms with Crippen LogP contribution in [0.5, 0.6) is 0 Å². The van der Waals surface area contributed by atoms with Crippen LogP contribution >= 0.6 is 27.5 Å². The lowest BCUT2D eigenvalue weighted by molar-refractivity contribution is 0.102. The Bertz CT molecular complexity index is 835. The zero-order chi connectivity index (χ0) is 14.8. The summed E-state index contributed by atoms with van der Waals surface area (Å²) in [4.78, 5) is 16.1. The summed E-state index contributed by atoms with van der Waals surface area (Å²) >= 11 is 9.41. The summed E-state index contributed by atoms with van der Waals surface area (Å²) in [5.74, 6) is -0.251. The van der Waals surface area contributed by atoms with Crippen molar-refractivity contribution in [1.82, 2.24) is 4.98 Å². The summed E-state index contributed by atoms with van der Waals surface area (Å²) in [6.07, 6.45) is 2.99. The van der Waals surface area contributed by atoms with Crippen LogP contribution in [0, 0.1) is 0 Å². The molecule has 1 heterocycles. The highest BCUT2D eigenvalue weighted by Crippen LogP contribution is 2.24. The van der Waals surface area contributed by atoms with E-state index in [9.17, 15) is 4.79 Å². The molecular formula is C16H10BrClN2O. The molecule has 0 aliphatic heterocycles. The number of aromatic nitrogens is 1. The van der Waals surface area contributed by atoms with Gasteiger partial charge in [0, 0.05) is 22.6 Å². The Kier molecular flexibility index (Phi) is 3.90. The number of hydrogen-bond acceptors (Lipinski definition) is 2. The highest BCUT2D eigenvalue weighted by molar-refractivity contribution is 9.10. The van der Waals surface area contributed by atoms with Gasteiger partial charge in [-0.05, 0) is 41.1 Å². The molecule has 0 aliphatic rings. The number of anilines is 1. The molecule has 0 atom stereocenters. The van der Waals surface area contributed by atoms with E-state index in [0.717, 1.165) is 20.9 Å². The van der Waals surface area contributed by atoms with Gasteiger partial charge in [0.2, 0.25) is 0 Å². The molecule has 0 fully saturated rings. The second-order valence-electron chi connectivity index (χ2n) is 4.52. The van der Waals surface area contributed by atoms with E-state index >= 15 is 0 Å². The molecule has 0 aliphatic carbocycles. The van der Waals surface area contributed by atoms with E-state index in [4.69, 9.17) is 11.6 Å². The Hall–Kier alpha value is -1.91. The van der Waals surface area contributed by atoms with E-state index in [2.05, 4.69) is 26.2 Å². The highest BCUT2D eigenvalue weighted by atomic mass is 79.9. The second kappa shape index (κ2) is 5.84. The fraction of sp³-hybridized carbons (Fsp3) is 0. The Morgan fingerprint density at radius 2 is 1.86 bits per heavy atom. The first kappa shape index (κ1) is 14.0. The summed E-state index contributed by atoms with van der Waals surface area (Å²) in [6.45, 7) is 0. The van der Waals surface area contributed by atoms with Crippen LogP contribution in [0.1, 0.15) is 10.4 Å². The lowest BCUT2D eigenvalue weighted by Crippen LogP contribution is -2.12. The minimum Gasteiger partial charge on any atom is -0.322 e. The molecule has 0 radical (unpaired) electrons. The number of nitrogens with one attached hydrogen (secondary N) is 1. The monoisotopic (exact) mass is 360 g/mol. The van der Waals surface area contributed by atoms with Gasteiger partial charge < -0.3 is 5.32 Å². The summed E-state index contributed by atoms with van der Waals surface area (Å²) in [7, 11) is 0. The summed E-state index contributed by atoms with van der Waals surface area (Å²) < 4.78 is 1.02. The van der Waals surface area contributed by atoms with Crippen molar-refractivity contribution >= 4 is 49.9 Å². The third-order valence-electron chi connectivity index (χ3n) is 3.08. The average molecular weight is 362 g/mol. The van der Waals surface area contributed by atoms with Crippen molar-refractivity contribution in [1.29, 1.82) is 0 Å². The number of rotatable bonds is 2. The van der Waals surface area contributed by atoms with Crippen molar-refractivity contribution in [2.75, 3.05) is 5.32 Å². The third-order valence-corrected chi connectivity index (χ3v) is 3.87. The maximum atomic E-state index is 12.2. The number of nitrogens with zero attached hydrogens (tertiary/aromatic N) is 1. The molecular weight excluding hydrogens is 352 g/mol. The van der Waals surface area contributed by atoms with Crippen LogP contribution < -0.4 is 5.32 Å². The van der Waals surface area contributed by atoms with E-state index in [1.807, 2.05) is 36.4 Å². The normalized spacial score (nSPS) is 10.6. The fourth-order valence-corrected chi connectivity index (χ4v) is 2.64. The van der Waals surface area contributed by atoms with Crippen molar-refractivity contribution in [3.63, 3.8) is 0 Å². The molecule has 0 unspecified atom stereocenters. The number of fused-ring (bicyclic) bond motifs is 1. The van der Waals surface area contributed by atoms with Gasteiger partial charge in [-0.2, -0.15) is 0 Å². The van der Waals surface area contributed by atoms with Crippen LogP contribution in [0.2, 0.25) is 5.02 Å². The molecule has 2 aromatic carbocycles. The molecule has 3 nitrogen and oxygen atoms in total. The number of halogens is 2. The number of amides is 1. The van der Waals surface area contributed by atoms with Gasteiger partial charge >= 0.3 is 0 Å².